The van der Waals surface area contributed by atoms with Crippen LogP contribution in [0.3, 0.4) is 0 Å². The number of alkyl halides is 3. The first kappa shape index (κ1) is 15.2. The Morgan fingerprint density at radius 1 is 1.33 bits per heavy atom. The van der Waals surface area contributed by atoms with E-state index >= 15 is 0 Å². The lowest BCUT2D eigenvalue weighted by atomic mass is 10.1. The zero-order valence-corrected chi connectivity index (χ0v) is 11.2. The highest BCUT2D eigenvalue weighted by Crippen LogP contribution is 2.31. The van der Waals surface area contributed by atoms with Crippen LogP contribution in [-0.4, -0.2) is 25.5 Å². The van der Waals surface area contributed by atoms with E-state index in [0.29, 0.717) is 12.2 Å². The molecule has 0 amide bonds. The topological polar surface area (TPSA) is 29.3 Å². The molecule has 0 unspecified atom stereocenters. The number of halogens is 3. The Morgan fingerprint density at radius 2 is 2.00 bits per heavy atom. The van der Waals surface area contributed by atoms with Crippen LogP contribution in [0.15, 0.2) is 23.1 Å². The van der Waals surface area contributed by atoms with Gasteiger partial charge in [-0.1, -0.05) is 6.07 Å². The normalized spacial score (nSPS) is 11.7. The molecule has 2 N–H and O–H groups in total. The molecule has 0 aliphatic carbocycles. The average molecular weight is 278 g/mol. The third-order valence-electron chi connectivity index (χ3n) is 2.62. The van der Waals surface area contributed by atoms with Gasteiger partial charge in [0, 0.05) is 29.2 Å². The van der Waals surface area contributed by atoms with E-state index in [-0.39, 0.29) is 6.54 Å². The second kappa shape index (κ2) is 6.33. The lowest BCUT2D eigenvalue weighted by Gasteiger charge is -2.27. The van der Waals surface area contributed by atoms with Gasteiger partial charge in [-0.05, 0) is 25.3 Å². The van der Waals surface area contributed by atoms with Gasteiger partial charge in [-0.25, -0.2) is 0 Å². The molecule has 6 heteroatoms. The van der Waals surface area contributed by atoms with Crippen LogP contribution in [0.5, 0.6) is 0 Å². The van der Waals surface area contributed by atoms with Crippen LogP contribution in [-0.2, 0) is 6.54 Å². The SMILES string of the molecule is CCN(CC(F)(F)F)c1cccc(SC)c1CN. The molecule has 102 valence electrons. The molecule has 18 heavy (non-hydrogen) atoms. The van der Waals surface area contributed by atoms with Crippen molar-refractivity contribution in [1.82, 2.24) is 0 Å². The number of nitrogens with two attached hydrogens (primary N) is 1. The third kappa shape index (κ3) is 3.81. The second-order valence-corrected chi connectivity index (χ2v) is 4.64. The van der Waals surface area contributed by atoms with Crippen molar-refractivity contribution >= 4 is 17.4 Å². The maximum Gasteiger partial charge on any atom is 0.405 e. The predicted molar refractivity (Wildman–Crippen MR) is 70.1 cm³/mol. The van der Waals surface area contributed by atoms with E-state index in [0.717, 1.165) is 10.5 Å². The monoisotopic (exact) mass is 278 g/mol. The van der Waals surface area contributed by atoms with E-state index in [4.69, 9.17) is 5.73 Å². The average Bonchev–Trinajstić information content (AvgIpc) is 2.33. The Balaban J connectivity index is 3.12. The van der Waals surface area contributed by atoms with Gasteiger partial charge in [0.2, 0.25) is 0 Å². The van der Waals surface area contributed by atoms with Gasteiger partial charge in [-0.3, -0.25) is 0 Å². The number of rotatable bonds is 5. The van der Waals surface area contributed by atoms with E-state index in [9.17, 15) is 13.2 Å². The summed E-state index contributed by atoms with van der Waals surface area (Å²) in [4.78, 5) is 2.23. The summed E-state index contributed by atoms with van der Waals surface area (Å²) < 4.78 is 37.6. The van der Waals surface area contributed by atoms with Crippen LogP contribution in [0.1, 0.15) is 12.5 Å². The number of hydrogen-bond acceptors (Lipinski definition) is 3. The molecule has 1 aromatic carbocycles. The molecule has 1 rings (SSSR count). The van der Waals surface area contributed by atoms with Crippen LogP contribution in [0.25, 0.3) is 0 Å². The molecule has 0 fully saturated rings. The van der Waals surface area contributed by atoms with E-state index < -0.39 is 12.7 Å². The van der Waals surface area contributed by atoms with Crippen LogP contribution >= 0.6 is 11.8 Å². The first-order valence-electron chi connectivity index (χ1n) is 5.60. The van der Waals surface area contributed by atoms with E-state index in [1.54, 1.807) is 19.1 Å². The largest absolute Gasteiger partial charge is 0.405 e. The Hall–Kier alpha value is -0.880. The first-order valence-corrected chi connectivity index (χ1v) is 6.83. The molecule has 0 heterocycles. The van der Waals surface area contributed by atoms with Crippen molar-refractivity contribution in [3.05, 3.63) is 23.8 Å². The maximum absolute atomic E-state index is 12.5. The van der Waals surface area contributed by atoms with Crippen LogP contribution in [0.2, 0.25) is 0 Å². The number of thioether (sulfide) groups is 1. The quantitative estimate of drug-likeness (QED) is 0.838. The standard InChI is InChI=1S/C12H17F3N2S/c1-3-17(8-12(13,14)15)10-5-4-6-11(18-2)9(10)7-16/h4-6H,3,7-8,16H2,1-2H3. The second-order valence-electron chi connectivity index (χ2n) is 3.79. The Labute approximate surface area is 109 Å². The van der Waals surface area contributed by atoms with Crippen molar-refractivity contribution in [2.24, 2.45) is 5.73 Å². The van der Waals surface area contributed by atoms with Crippen LogP contribution in [0.4, 0.5) is 18.9 Å². The van der Waals surface area contributed by atoms with Crippen molar-refractivity contribution in [3.8, 4) is 0 Å². The summed E-state index contributed by atoms with van der Waals surface area (Å²) in [6, 6.07) is 5.33. The van der Waals surface area contributed by atoms with Crippen molar-refractivity contribution in [3.63, 3.8) is 0 Å². The lowest BCUT2D eigenvalue weighted by molar-refractivity contribution is -0.119. The van der Waals surface area contributed by atoms with Gasteiger partial charge >= 0.3 is 6.18 Å². The molecule has 0 aromatic heterocycles. The molecule has 1 aromatic rings. The molecule has 0 atom stereocenters. The Morgan fingerprint density at radius 3 is 2.44 bits per heavy atom. The molecule has 0 aliphatic heterocycles. The highest BCUT2D eigenvalue weighted by molar-refractivity contribution is 7.98. The molecular weight excluding hydrogens is 261 g/mol. The van der Waals surface area contributed by atoms with Crippen LogP contribution in [0, 0.1) is 0 Å². The van der Waals surface area contributed by atoms with Crippen molar-refractivity contribution in [1.29, 1.82) is 0 Å². The summed E-state index contributed by atoms with van der Waals surface area (Å²) in [6.07, 6.45) is -2.32. The summed E-state index contributed by atoms with van der Waals surface area (Å²) in [7, 11) is 0. The number of hydrogen-bond donors (Lipinski definition) is 1. The molecule has 0 spiro atoms. The van der Waals surface area contributed by atoms with Crippen molar-refractivity contribution in [2.75, 3.05) is 24.2 Å². The zero-order chi connectivity index (χ0) is 13.8. The number of nitrogens with zero attached hydrogens (tertiary/aromatic N) is 1. The fourth-order valence-electron chi connectivity index (χ4n) is 1.83. The molecular formula is C12H17F3N2S. The van der Waals surface area contributed by atoms with Gasteiger partial charge in [0.15, 0.2) is 0 Å². The molecule has 0 saturated carbocycles. The van der Waals surface area contributed by atoms with Gasteiger partial charge in [-0.2, -0.15) is 13.2 Å². The molecule has 2 nitrogen and oxygen atoms in total. The predicted octanol–water partition coefficient (Wildman–Crippen LogP) is 3.26. The lowest BCUT2D eigenvalue weighted by Crippen LogP contribution is -2.35. The summed E-state index contributed by atoms with van der Waals surface area (Å²) in [5.74, 6) is 0. The highest BCUT2D eigenvalue weighted by atomic mass is 32.2. The van der Waals surface area contributed by atoms with Crippen molar-refractivity contribution < 1.29 is 13.2 Å². The minimum atomic E-state index is -4.21. The fourth-order valence-corrected chi connectivity index (χ4v) is 2.48. The molecule has 0 radical (unpaired) electrons. The fraction of sp³-hybridized carbons (Fsp3) is 0.500. The third-order valence-corrected chi connectivity index (χ3v) is 3.45. The smallest absolute Gasteiger partial charge is 0.363 e. The summed E-state index contributed by atoms with van der Waals surface area (Å²) >= 11 is 1.49. The maximum atomic E-state index is 12.5. The Bertz CT molecular complexity index is 393. The minimum absolute atomic E-state index is 0.237. The minimum Gasteiger partial charge on any atom is -0.363 e. The summed E-state index contributed by atoms with van der Waals surface area (Å²) in [5.41, 5.74) is 7.01. The van der Waals surface area contributed by atoms with E-state index in [1.807, 2.05) is 12.3 Å². The Kier molecular flexibility index (Phi) is 5.34. The number of benzene rings is 1. The highest BCUT2D eigenvalue weighted by Gasteiger charge is 2.31. The zero-order valence-electron chi connectivity index (χ0n) is 10.4. The van der Waals surface area contributed by atoms with E-state index in [2.05, 4.69) is 0 Å². The van der Waals surface area contributed by atoms with Gasteiger partial charge in [-0.15, -0.1) is 11.8 Å². The van der Waals surface area contributed by atoms with Crippen LogP contribution < -0.4 is 10.6 Å². The summed E-state index contributed by atoms with van der Waals surface area (Å²) in [6.45, 7) is 1.29. The first-order chi connectivity index (χ1) is 8.42. The van der Waals surface area contributed by atoms with Crippen molar-refractivity contribution in [2.45, 2.75) is 24.5 Å². The number of anilines is 1. The molecule has 0 bridgehead atoms. The molecule has 0 saturated heterocycles. The van der Waals surface area contributed by atoms with Gasteiger partial charge in [0.1, 0.15) is 6.54 Å². The molecule has 0 aliphatic rings. The summed E-state index contributed by atoms with van der Waals surface area (Å²) in [5, 5.41) is 0. The van der Waals surface area contributed by atoms with Gasteiger partial charge < -0.3 is 10.6 Å². The van der Waals surface area contributed by atoms with E-state index in [1.165, 1.54) is 16.7 Å². The van der Waals surface area contributed by atoms with Gasteiger partial charge in [0.05, 0.1) is 0 Å². The van der Waals surface area contributed by atoms with Gasteiger partial charge in [0.25, 0.3) is 0 Å².